The highest BCUT2D eigenvalue weighted by Gasteiger charge is 2.50. The summed E-state index contributed by atoms with van der Waals surface area (Å²) in [6, 6.07) is 6.14. The van der Waals surface area contributed by atoms with E-state index in [0.29, 0.717) is 5.54 Å². The van der Waals surface area contributed by atoms with Crippen LogP contribution in [0.5, 0.6) is 0 Å². The Labute approximate surface area is 123 Å². The van der Waals surface area contributed by atoms with Gasteiger partial charge in [0.05, 0.1) is 11.4 Å². The molecule has 5 rings (SSSR count). The molecule has 4 fully saturated rings. The van der Waals surface area contributed by atoms with Gasteiger partial charge in [-0.25, -0.2) is 0 Å². The molecule has 0 spiro atoms. The molecule has 4 aliphatic carbocycles. The highest BCUT2D eigenvalue weighted by molar-refractivity contribution is 9.10. The van der Waals surface area contributed by atoms with E-state index in [-0.39, 0.29) is 0 Å². The number of halogens is 1. The second-order valence-electron chi connectivity index (χ2n) is 7.05. The fourth-order valence-electron chi connectivity index (χ4n) is 5.19. The number of hydrogen-bond donors (Lipinski definition) is 2. The first kappa shape index (κ1) is 12.1. The zero-order chi connectivity index (χ0) is 13.0. The monoisotopic (exact) mass is 320 g/mol. The lowest BCUT2D eigenvalue weighted by Crippen LogP contribution is -2.54. The van der Waals surface area contributed by atoms with Crippen LogP contribution in [0, 0.1) is 17.8 Å². The minimum atomic E-state index is 0.337. The van der Waals surface area contributed by atoms with Gasteiger partial charge in [-0.05, 0) is 74.5 Å². The van der Waals surface area contributed by atoms with E-state index < -0.39 is 0 Å². The minimum absolute atomic E-state index is 0.337. The molecule has 0 unspecified atom stereocenters. The van der Waals surface area contributed by atoms with Gasteiger partial charge in [-0.15, -0.1) is 0 Å². The summed E-state index contributed by atoms with van der Waals surface area (Å²) in [5.74, 6) is 2.89. The van der Waals surface area contributed by atoms with Gasteiger partial charge < -0.3 is 11.1 Å². The first-order valence-corrected chi connectivity index (χ1v) is 8.24. The lowest BCUT2D eigenvalue weighted by atomic mass is 9.53. The van der Waals surface area contributed by atoms with Gasteiger partial charge in [-0.1, -0.05) is 15.9 Å². The van der Waals surface area contributed by atoms with E-state index in [4.69, 9.17) is 5.73 Å². The van der Waals surface area contributed by atoms with Crippen molar-refractivity contribution in [3.05, 3.63) is 22.7 Å². The Morgan fingerprint density at radius 2 is 1.63 bits per heavy atom. The highest BCUT2D eigenvalue weighted by atomic mass is 79.9. The van der Waals surface area contributed by atoms with Crippen LogP contribution in [0.15, 0.2) is 22.7 Å². The number of nitrogens with two attached hydrogens (primary N) is 1. The van der Waals surface area contributed by atoms with Crippen molar-refractivity contribution in [2.24, 2.45) is 17.8 Å². The summed E-state index contributed by atoms with van der Waals surface area (Å²) in [5.41, 5.74) is 8.47. The summed E-state index contributed by atoms with van der Waals surface area (Å²) in [4.78, 5) is 0. The minimum Gasteiger partial charge on any atom is -0.397 e. The Morgan fingerprint density at radius 3 is 2.21 bits per heavy atom. The number of nitrogen functional groups attached to an aromatic ring is 1. The fourth-order valence-corrected chi connectivity index (χ4v) is 5.55. The molecule has 1 aromatic carbocycles. The van der Waals surface area contributed by atoms with Crippen molar-refractivity contribution in [2.45, 2.75) is 44.1 Å². The largest absolute Gasteiger partial charge is 0.397 e. The Bertz CT molecular complexity index is 476. The summed E-state index contributed by atoms with van der Waals surface area (Å²) >= 11 is 3.55. The summed E-state index contributed by atoms with van der Waals surface area (Å²) in [5, 5.41) is 3.84. The second kappa shape index (κ2) is 4.15. The Kier molecular flexibility index (Phi) is 2.63. The predicted octanol–water partition coefficient (Wildman–Crippen LogP) is 4.41. The topological polar surface area (TPSA) is 38.0 Å². The normalized spacial score (nSPS) is 39.5. The number of rotatable bonds is 2. The first-order valence-electron chi connectivity index (χ1n) is 7.45. The van der Waals surface area contributed by atoms with Crippen molar-refractivity contribution >= 4 is 27.3 Å². The van der Waals surface area contributed by atoms with Crippen LogP contribution in [0.1, 0.15) is 38.5 Å². The Hall–Kier alpha value is -0.700. The van der Waals surface area contributed by atoms with Crippen molar-refractivity contribution in [2.75, 3.05) is 11.1 Å². The maximum atomic E-state index is 6.14. The third-order valence-corrected chi connectivity index (χ3v) is 5.95. The van der Waals surface area contributed by atoms with E-state index in [1.807, 2.05) is 12.1 Å². The third kappa shape index (κ3) is 2.06. The van der Waals surface area contributed by atoms with Crippen LogP contribution in [0.25, 0.3) is 0 Å². The number of benzene rings is 1. The van der Waals surface area contributed by atoms with E-state index in [0.717, 1.165) is 33.6 Å². The molecule has 0 radical (unpaired) electrons. The molecule has 0 aromatic heterocycles. The van der Waals surface area contributed by atoms with E-state index in [2.05, 4.69) is 27.3 Å². The molecule has 0 amide bonds. The summed E-state index contributed by atoms with van der Waals surface area (Å²) in [6.07, 6.45) is 8.50. The highest BCUT2D eigenvalue weighted by Crippen LogP contribution is 2.56. The third-order valence-electron chi connectivity index (χ3n) is 5.45. The standard InChI is InChI=1S/C16H21BrN2/c17-13-1-2-14(18)15(6-13)19-16-7-10-3-11(8-16)5-12(4-10)9-16/h1-2,6,10-12,19H,3-5,7-9,18H2. The molecule has 2 nitrogen and oxygen atoms in total. The lowest BCUT2D eigenvalue weighted by Gasteiger charge is -2.57. The molecule has 0 saturated heterocycles. The van der Waals surface area contributed by atoms with Gasteiger partial charge >= 0.3 is 0 Å². The molecule has 3 N–H and O–H groups in total. The van der Waals surface area contributed by atoms with Gasteiger partial charge in [-0.2, -0.15) is 0 Å². The van der Waals surface area contributed by atoms with Crippen molar-refractivity contribution in [3.63, 3.8) is 0 Å². The number of hydrogen-bond acceptors (Lipinski definition) is 2. The van der Waals surface area contributed by atoms with E-state index in [1.165, 1.54) is 38.5 Å². The van der Waals surface area contributed by atoms with Gasteiger partial charge in [-0.3, -0.25) is 0 Å². The molecule has 3 heteroatoms. The van der Waals surface area contributed by atoms with E-state index in [1.54, 1.807) is 0 Å². The van der Waals surface area contributed by atoms with Gasteiger partial charge in [0.1, 0.15) is 0 Å². The van der Waals surface area contributed by atoms with E-state index in [9.17, 15) is 0 Å². The molecular formula is C16H21BrN2. The molecule has 4 saturated carbocycles. The molecule has 0 atom stereocenters. The fraction of sp³-hybridized carbons (Fsp3) is 0.625. The Balaban J connectivity index is 1.64. The smallest absolute Gasteiger partial charge is 0.0589 e. The van der Waals surface area contributed by atoms with E-state index >= 15 is 0 Å². The van der Waals surface area contributed by atoms with Crippen molar-refractivity contribution in [1.29, 1.82) is 0 Å². The average molecular weight is 321 g/mol. The van der Waals surface area contributed by atoms with Crippen LogP contribution in [-0.2, 0) is 0 Å². The maximum Gasteiger partial charge on any atom is 0.0589 e. The summed E-state index contributed by atoms with van der Waals surface area (Å²) in [6.45, 7) is 0. The molecular weight excluding hydrogens is 300 g/mol. The number of anilines is 2. The molecule has 102 valence electrons. The zero-order valence-electron chi connectivity index (χ0n) is 11.2. The Morgan fingerprint density at radius 1 is 1.05 bits per heavy atom. The van der Waals surface area contributed by atoms with Crippen LogP contribution in [-0.4, -0.2) is 5.54 Å². The van der Waals surface area contributed by atoms with Gasteiger partial charge in [0, 0.05) is 10.0 Å². The van der Waals surface area contributed by atoms with Crippen LogP contribution in [0.3, 0.4) is 0 Å². The quantitative estimate of drug-likeness (QED) is 0.792. The summed E-state index contributed by atoms with van der Waals surface area (Å²) < 4.78 is 1.11. The predicted molar refractivity (Wildman–Crippen MR) is 83.1 cm³/mol. The maximum absolute atomic E-state index is 6.14. The molecule has 4 aliphatic rings. The second-order valence-corrected chi connectivity index (χ2v) is 7.97. The van der Waals surface area contributed by atoms with Crippen LogP contribution < -0.4 is 11.1 Å². The van der Waals surface area contributed by atoms with Crippen LogP contribution in [0.2, 0.25) is 0 Å². The molecule has 1 aromatic rings. The molecule has 0 aliphatic heterocycles. The summed E-state index contributed by atoms with van der Waals surface area (Å²) in [7, 11) is 0. The van der Waals surface area contributed by atoms with Crippen LogP contribution >= 0.6 is 15.9 Å². The van der Waals surface area contributed by atoms with Crippen molar-refractivity contribution in [3.8, 4) is 0 Å². The number of nitrogens with one attached hydrogen (secondary N) is 1. The van der Waals surface area contributed by atoms with Gasteiger partial charge in [0.2, 0.25) is 0 Å². The van der Waals surface area contributed by atoms with Crippen LogP contribution in [0.4, 0.5) is 11.4 Å². The van der Waals surface area contributed by atoms with Crippen molar-refractivity contribution in [1.82, 2.24) is 0 Å². The van der Waals surface area contributed by atoms with Gasteiger partial charge in [0.25, 0.3) is 0 Å². The lowest BCUT2D eigenvalue weighted by molar-refractivity contribution is 0.0107. The zero-order valence-corrected chi connectivity index (χ0v) is 12.7. The molecule has 0 heterocycles. The SMILES string of the molecule is Nc1ccc(Br)cc1NC12CC3CC(CC(C3)C1)C2. The van der Waals surface area contributed by atoms with Crippen molar-refractivity contribution < 1.29 is 0 Å². The molecule has 4 bridgehead atoms. The van der Waals surface area contributed by atoms with Gasteiger partial charge in [0.15, 0.2) is 0 Å². The first-order chi connectivity index (χ1) is 9.12. The molecule has 19 heavy (non-hydrogen) atoms. The average Bonchev–Trinajstić information content (AvgIpc) is 2.31.